The maximum absolute atomic E-state index is 11.9. The van der Waals surface area contributed by atoms with Gasteiger partial charge in [-0.05, 0) is 25.8 Å². The molecule has 1 unspecified atom stereocenters. The Morgan fingerprint density at radius 1 is 1.44 bits per heavy atom. The molecule has 0 aliphatic carbocycles. The molecule has 0 saturated heterocycles. The van der Waals surface area contributed by atoms with Gasteiger partial charge in [0.05, 0.1) is 0 Å². The molecule has 1 N–H and O–H groups in total. The Morgan fingerprint density at radius 3 is 2.78 bits per heavy atom. The third kappa shape index (κ3) is 3.98. The molecule has 1 aromatic rings. The first-order valence-electron chi connectivity index (χ1n) is 6.47. The first kappa shape index (κ1) is 14.4. The molecule has 18 heavy (non-hydrogen) atoms. The molecule has 0 aliphatic rings. The number of unbranched alkanes of at least 4 members (excludes halogenated alkanes) is 1. The van der Waals surface area contributed by atoms with Gasteiger partial charge in [-0.2, -0.15) is 5.10 Å². The van der Waals surface area contributed by atoms with E-state index >= 15 is 0 Å². The van der Waals surface area contributed by atoms with Gasteiger partial charge >= 0.3 is 0 Å². The van der Waals surface area contributed by atoms with Crippen LogP contribution >= 0.6 is 0 Å². The maximum Gasteiger partial charge on any atom is 0.271 e. The molecule has 5 nitrogen and oxygen atoms in total. The Balaban J connectivity index is 2.83. The van der Waals surface area contributed by atoms with Crippen LogP contribution in [0.2, 0.25) is 0 Å². The lowest BCUT2D eigenvalue weighted by atomic mass is 10.2. The van der Waals surface area contributed by atoms with E-state index in [9.17, 15) is 9.59 Å². The summed E-state index contributed by atoms with van der Waals surface area (Å²) >= 11 is 0. The summed E-state index contributed by atoms with van der Waals surface area (Å²) in [5.41, 5.74) is 0.134. The second kappa shape index (κ2) is 6.93. The predicted octanol–water partition coefficient (Wildman–Crippen LogP) is 1.57. The zero-order chi connectivity index (χ0) is 13.5. The standard InChI is InChI=1S/C13H21N3O2/c1-4-6-9-16-12(17)8-7-11(15-16)13(18)14-10(3)5-2/h7-8,10H,4-6,9H2,1-3H3,(H,14,18). The molecule has 1 atom stereocenters. The van der Waals surface area contributed by atoms with Crippen molar-refractivity contribution in [3.63, 3.8) is 0 Å². The number of amides is 1. The Morgan fingerprint density at radius 2 is 2.17 bits per heavy atom. The Kier molecular flexibility index (Phi) is 5.55. The van der Waals surface area contributed by atoms with Crippen molar-refractivity contribution in [2.45, 2.75) is 52.6 Å². The van der Waals surface area contributed by atoms with Crippen LogP contribution in [-0.4, -0.2) is 21.7 Å². The lowest BCUT2D eigenvalue weighted by molar-refractivity contribution is 0.0931. The smallest absolute Gasteiger partial charge is 0.271 e. The van der Waals surface area contributed by atoms with Gasteiger partial charge in [-0.1, -0.05) is 20.3 Å². The molecular weight excluding hydrogens is 230 g/mol. The largest absolute Gasteiger partial charge is 0.348 e. The minimum absolute atomic E-state index is 0.107. The molecule has 1 heterocycles. The molecule has 0 fully saturated rings. The normalized spacial score (nSPS) is 12.2. The fourth-order valence-electron chi connectivity index (χ4n) is 1.44. The summed E-state index contributed by atoms with van der Waals surface area (Å²) in [4.78, 5) is 23.4. The summed E-state index contributed by atoms with van der Waals surface area (Å²) < 4.78 is 1.36. The number of hydrogen-bond donors (Lipinski definition) is 1. The number of nitrogens with one attached hydrogen (secondary N) is 1. The third-order valence-electron chi connectivity index (χ3n) is 2.81. The zero-order valence-electron chi connectivity index (χ0n) is 11.3. The van der Waals surface area contributed by atoms with E-state index in [1.54, 1.807) is 0 Å². The van der Waals surface area contributed by atoms with E-state index in [1.165, 1.54) is 16.8 Å². The molecule has 100 valence electrons. The van der Waals surface area contributed by atoms with Crippen molar-refractivity contribution in [3.8, 4) is 0 Å². The van der Waals surface area contributed by atoms with Crippen molar-refractivity contribution in [2.75, 3.05) is 0 Å². The quantitative estimate of drug-likeness (QED) is 0.834. The van der Waals surface area contributed by atoms with E-state index in [-0.39, 0.29) is 17.5 Å². The van der Waals surface area contributed by atoms with Gasteiger partial charge in [0.2, 0.25) is 0 Å². The van der Waals surface area contributed by atoms with Crippen molar-refractivity contribution >= 4 is 5.91 Å². The number of aromatic nitrogens is 2. The van der Waals surface area contributed by atoms with Crippen LogP contribution < -0.4 is 10.9 Å². The number of hydrogen-bond acceptors (Lipinski definition) is 3. The second-order valence-electron chi connectivity index (χ2n) is 4.42. The summed E-state index contributed by atoms with van der Waals surface area (Å²) in [6, 6.07) is 2.98. The van der Waals surface area contributed by atoms with Gasteiger partial charge in [0.25, 0.3) is 11.5 Å². The zero-order valence-corrected chi connectivity index (χ0v) is 11.3. The van der Waals surface area contributed by atoms with E-state index in [1.807, 2.05) is 20.8 Å². The van der Waals surface area contributed by atoms with Crippen LogP contribution in [0.3, 0.4) is 0 Å². The first-order chi connectivity index (χ1) is 8.58. The maximum atomic E-state index is 11.9. The lowest BCUT2D eigenvalue weighted by Gasteiger charge is -2.11. The number of rotatable bonds is 6. The monoisotopic (exact) mass is 251 g/mol. The Labute approximate surface area is 107 Å². The van der Waals surface area contributed by atoms with E-state index in [0.29, 0.717) is 12.2 Å². The highest BCUT2D eigenvalue weighted by atomic mass is 16.2. The number of carbonyl (C=O) groups excluding carboxylic acids is 1. The van der Waals surface area contributed by atoms with Crippen molar-refractivity contribution < 1.29 is 4.79 Å². The number of carbonyl (C=O) groups is 1. The highest BCUT2D eigenvalue weighted by Gasteiger charge is 2.11. The van der Waals surface area contributed by atoms with E-state index in [2.05, 4.69) is 10.4 Å². The summed E-state index contributed by atoms with van der Waals surface area (Å²) in [6.45, 7) is 6.54. The minimum atomic E-state index is -0.227. The van der Waals surface area contributed by atoms with Crippen LogP contribution in [0.1, 0.15) is 50.5 Å². The molecule has 1 aromatic heterocycles. The lowest BCUT2D eigenvalue weighted by Crippen LogP contribution is -2.34. The molecule has 0 spiro atoms. The van der Waals surface area contributed by atoms with E-state index in [0.717, 1.165) is 19.3 Å². The fourth-order valence-corrected chi connectivity index (χ4v) is 1.44. The fraction of sp³-hybridized carbons (Fsp3) is 0.615. The number of nitrogens with zero attached hydrogens (tertiary/aromatic N) is 2. The summed E-state index contributed by atoms with van der Waals surface area (Å²) in [7, 11) is 0. The minimum Gasteiger partial charge on any atom is -0.348 e. The molecular formula is C13H21N3O2. The Bertz CT molecular complexity index is 454. The van der Waals surface area contributed by atoms with Gasteiger partial charge in [-0.25, -0.2) is 4.68 Å². The summed E-state index contributed by atoms with van der Waals surface area (Å²) in [5.74, 6) is -0.227. The van der Waals surface area contributed by atoms with Crippen LogP contribution in [0.4, 0.5) is 0 Å². The molecule has 5 heteroatoms. The van der Waals surface area contributed by atoms with Gasteiger partial charge in [0, 0.05) is 18.7 Å². The SMILES string of the molecule is CCCCn1nc(C(=O)NC(C)CC)ccc1=O. The molecule has 1 amide bonds. The van der Waals surface area contributed by atoms with Gasteiger partial charge in [0.15, 0.2) is 0 Å². The van der Waals surface area contributed by atoms with Gasteiger partial charge < -0.3 is 5.32 Å². The van der Waals surface area contributed by atoms with Crippen molar-refractivity contribution in [3.05, 3.63) is 28.2 Å². The predicted molar refractivity (Wildman–Crippen MR) is 70.6 cm³/mol. The van der Waals surface area contributed by atoms with Crippen molar-refractivity contribution in [2.24, 2.45) is 0 Å². The first-order valence-corrected chi connectivity index (χ1v) is 6.47. The Hall–Kier alpha value is -1.65. The molecule has 0 aromatic carbocycles. The molecule has 1 rings (SSSR count). The molecule has 0 aliphatic heterocycles. The molecule has 0 bridgehead atoms. The second-order valence-corrected chi connectivity index (χ2v) is 4.42. The highest BCUT2D eigenvalue weighted by molar-refractivity contribution is 5.92. The topological polar surface area (TPSA) is 64.0 Å². The third-order valence-corrected chi connectivity index (χ3v) is 2.81. The van der Waals surface area contributed by atoms with Gasteiger partial charge in [0.1, 0.15) is 5.69 Å². The average molecular weight is 251 g/mol. The van der Waals surface area contributed by atoms with Gasteiger partial charge in [-0.3, -0.25) is 9.59 Å². The average Bonchev–Trinajstić information content (AvgIpc) is 2.37. The van der Waals surface area contributed by atoms with Gasteiger partial charge in [-0.15, -0.1) is 0 Å². The van der Waals surface area contributed by atoms with Crippen molar-refractivity contribution in [1.29, 1.82) is 0 Å². The van der Waals surface area contributed by atoms with E-state index in [4.69, 9.17) is 0 Å². The van der Waals surface area contributed by atoms with Crippen LogP contribution in [0.25, 0.3) is 0 Å². The van der Waals surface area contributed by atoms with Crippen LogP contribution in [-0.2, 0) is 6.54 Å². The summed E-state index contributed by atoms with van der Waals surface area (Å²) in [6.07, 6.45) is 2.72. The number of aryl methyl sites for hydroxylation is 1. The molecule has 0 saturated carbocycles. The molecule has 0 radical (unpaired) electrons. The van der Waals surface area contributed by atoms with Crippen LogP contribution in [0.15, 0.2) is 16.9 Å². The summed E-state index contributed by atoms with van der Waals surface area (Å²) in [5, 5.41) is 6.92. The van der Waals surface area contributed by atoms with Crippen LogP contribution in [0.5, 0.6) is 0 Å². The van der Waals surface area contributed by atoms with Crippen molar-refractivity contribution in [1.82, 2.24) is 15.1 Å². The van der Waals surface area contributed by atoms with Crippen LogP contribution in [0, 0.1) is 0 Å². The highest BCUT2D eigenvalue weighted by Crippen LogP contribution is 1.96. The van der Waals surface area contributed by atoms with E-state index < -0.39 is 0 Å².